The molecule has 1 atom stereocenters. The van der Waals surface area contributed by atoms with Crippen molar-refractivity contribution in [2.24, 2.45) is 17.2 Å². The summed E-state index contributed by atoms with van der Waals surface area (Å²) in [6.45, 7) is 0.930. The summed E-state index contributed by atoms with van der Waals surface area (Å²) in [6.07, 6.45) is -1.08. The summed E-state index contributed by atoms with van der Waals surface area (Å²) in [7, 11) is -2.50. The van der Waals surface area contributed by atoms with E-state index < -0.39 is 28.8 Å². The number of sulfonamides is 1. The van der Waals surface area contributed by atoms with Crippen LogP contribution in [0.1, 0.15) is 6.92 Å². The lowest BCUT2D eigenvalue weighted by molar-refractivity contribution is -0.135. The van der Waals surface area contributed by atoms with Gasteiger partial charge in [0.05, 0.1) is 0 Å². The molecule has 1 unspecified atom stereocenters. The molecule has 1 rings (SSSR count). The van der Waals surface area contributed by atoms with Gasteiger partial charge >= 0.3 is 0 Å². The molecule has 18 heavy (non-hydrogen) atoms. The minimum absolute atomic E-state index is 0.0678. The van der Waals surface area contributed by atoms with Gasteiger partial charge in [0.15, 0.2) is 6.29 Å². The molecule has 0 spiro atoms. The largest absolute Gasteiger partial charge is 0.368 e. The van der Waals surface area contributed by atoms with Gasteiger partial charge in [-0.2, -0.15) is 4.99 Å². The van der Waals surface area contributed by atoms with Crippen LogP contribution in [-0.4, -0.2) is 42.1 Å². The highest BCUT2D eigenvalue weighted by Gasteiger charge is 2.14. The van der Waals surface area contributed by atoms with E-state index in [9.17, 15) is 13.2 Å². The van der Waals surface area contributed by atoms with Gasteiger partial charge in [0, 0.05) is 7.05 Å². The second kappa shape index (κ2) is 5.67. The normalized spacial score (nSPS) is 14.8. The number of hydrogen-bond donors (Lipinski definition) is 2. The van der Waals surface area contributed by atoms with Gasteiger partial charge in [-0.3, -0.25) is 4.79 Å². The molecule has 0 aliphatic rings. The van der Waals surface area contributed by atoms with E-state index in [0.717, 1.165) is 4.68 Å². The van der Waals surface area contributed by atoms with Crippen LogP contribution in [0.5, 0.6) is 0 Å². The van der Waals surface area contributed by atoms with E-state index in [2.05, 4.69) is 14.8 Å². The van der Waals surface area contributed by atoms with Gasteiger partial charge in [-0.15, -0.1) is 5.10 Å². The highest BCUT2D eigenvalue weighted by atomic mass is 32.2. The summed E-state index contributed by atoms with van der Waals surface area (Å²) in [6, 6.07) is 0. The van der Waals surface area contributed by atoms with Crippen LogP contribution < -0.4 is 9.94 Å². The van der Waals surface area contributed by atoms with Crippen molar-refractivity contribution in [2.45, 2.75) is 17.6 Å². The molecule has 3 N–H and O–H groups in total. The number of nitrogens with zero attached hydrogens (tertiary/aromatic N) is 3. The Labute approximate surface area is 107 Å². The molecule has 102 valence electrons. The van der Waals surface area contributed by atoms with Gasteiger partial charge in [0.25, 0.3) is 15.9 Å². The molecule has 1 amide bonds. The fourth-order valence-electron chi connectivity index (χ4n) is 0.871. The quantitative estimate of drug-likeness (QED) is 0.611. The van der Waals surface area contributed by atoms with Gasteiger partial charge in [-0.05, 0) is 6.92 Å². The van der Waals surface area contributed by atoms with Crippen LogP contribution in [0, 0.1) is 0 Å². The lowest BCUT2D eigenvalue weighted by Gasteiger charge is -2.01. The number of rotatable bonds is 4. The molecule has 9 nitrogen and oxygen atoms in total. The van der Waals surface area contributed by atoms with Crippen LogP contribution >= 0.6 is 11.3 Å². The first-order valence-corrected chi connectivity index (χ1v) is 7.00. The van der Waals surface area contributed by atoms with E-state index in [1.54, 1.807) is 0 Å². The molecule has 1 aromatic heterocycles. The highest BCUT2D eigenvalue weighted by molar-refractivity contribution is 7.91. The molecular formula is C7H12N4O5S2. The number of aromatic nitrogens is 2. The van der Waals surface area contributed by atoms with Crippen molar-refractivity contribution in [3.05, 3.63) is 4.80 Å². The van der Waals surface area contributed by atoms with Crippen LogP contribution in [0.25, 0.3) is 0 Å². The number of amides is 1. The summed E-state index contributed by atoms with van der Waals surface area (Å²) in [4.78, 5) is 15.0. The molecule has 0 aliphatic heterocycles. The number of aliphatic hydroxyl groups is 1. The molecule has 0 fully saturated rings. The first kappa shape index (κ1) is 14.9. The third-order valence-corrected chi connectivity index (χ3v) is 3.91. The van der Waals surface area contributed by atoms with Gasteiger partial charge < -0.3 is 9.84 Å². The van der Waals surface area contributed by atoms with E-state index >= 15 is 0 Å². The van der Waals surface area contributed by atoms with Crippen molar-refractivity contribution in [1.82, 2.24) is 9.78 Å². The Hall–Kier alpha value is -1.14. The predicted molar refractivity (Wildman–Crippen MR) is 60.7 cm³/mol. The van der Waals surface area contributed by atoms with Crippen LogP contribution in [0.4, 0.5) is 0 Å². The second-order valence-corrected chi connectivity index (χ2v) is 5.93. The zero-order valence-corrected chi connectivity index (χ0v) is 11.2. The first-order chi connectivity index (χ1) is 8.20. The third kappa shape index (κ3) is 4.27. The molecule has 11 heteroatoms. The van der Waals surface area contributed by atoms with Gasteiger partial charge in [0.2, 0.25) is 9.14 Å². The molecule has 0 aromatic carbocycles. The maximum atomic E-state index is 11.3. The maximum absolute atomic E-state index is 11.3. The zero-order valence-electron chi connectivity index (χ0n) is 9.60. The average molecular weight is 296 g/mol. The lowest BCUT2D eigenvalue weighted by Crippen LogP contribution is -2.19. The maximum Gasteiger partial charge on any atom is 0.274 e. The molecule has 1 heterocycles. The van der Waals surface area contributed by atoms with Crippen LogP contribution in [0.15, 0.2) is 9.33 Å². The van der Waals surface area contributed by atoms with Crippen LogP contribution in [0.2, 0.25) is 0 Å². The van der Waals surface area contributed by atoms with Crippen molar-refractivity contribution in [3.8, 4) is 0 Å². The molecule has 0 bridgehead atoms. The predicted octanol–water partition coefficient (Wildman–Crippen LogP) is -2.09. The number of carbonyl (C=O) groups is 1. The minimum Gasteiger partial charge on any atom is -0.368 e. The Balaban J connectivity index is 2.97. The monoisotopic (exact) mass is 296 g/mol. The fraction of sp³-hybridized carbons (Fsp3) is 0.571. The smallest absolute Gasteiger partial charge is 0.274 e. The Kier molecular flexibility index (Phi) is 4.70. The number of carbonyl (C=O) groups excluding carboxylic acids is 1. The number of ether oxygens (including phenoxy) is 1. The zero-order chi connectivity index (χ0) is 13.9. The molecular weight excluding hydrogens is 284 g/mol. The Morgan fingerprint density at radius 1 is 1.72 bits per heavy atom. The fourth-order valence-corrected chi connectivity index (χ4v) is 2.44. The van der Waals surface area contributed by atoms with E-state index in [4.69, 9.17) is 10.2 Å². The topological polar surface area (TPSA) is 137 Å². The van der Waals surface area contributed by atoms with Gasteiger partial charge in [-0.1, -0.05) is 11.3 Å². The molecule has 0 saturated heterocycles. The molecule has 0 radical (unpaired) electrons. The SMILES string of the molecule is CC(O)OCC(=O)/N=c1\sc(S(N)(=O)=O)nn1C. The molecule has 1 aromatic rings. The van der Waals surface area contributed by atoms with Crippen LogP contribution in [0.3, 0.4) is 0 Å². The minimum atomic E-state index is -3.92. The summed E-state index contributed by atoms with van der Waals surface area (Å²) in [5.74, 6) is -0.670. The number of primary sulfonamides is 1. The molecule has 0 saturated carbocycles. The Morgan fingerprint density at radius 3 is 2.78 bits per heavy atom. The van der Waals surface area contributed by atoms with E-state index in [1.165, 1.54) is 14.0 Å². The van der Waals surface area contributed by atoms with E-state index in [-0.39, 0.29) is 9.14 Å². The third-order valence-electron chi connectivity index (χ3n) is 1.60. The number of aliphatic hydroxyl groups excluding tert-OH is 1. The van der Waals surface area contributed by atoms with Crippen molar-refractivity contribution in [3.63, 3.8) is 0 Å². The average Bonchev–Trinajstić information content (AvgIpc) is 2.57. The highest BCUT2D eigenvalue weighted by Crippen LogP contribution is 2.04. The summed E-state index contributed by atoms with van der Waals surface area (Å²) < 4.78 is 27.5. The van der Waals surface area contributed by atoms with Crippen molar-refractivity contribution < 1.29 is 23.1 Å². The Morgan fingerprint density at radius 2 is 2.33 bits per heavy atom. The standard InChI is InChI=1S/C7H12N4O5S2/c1-4(12)16-3-5(13)9-6-11(2)10-7(17-6)18(8,14)15/h4,12H,3H2,1-2H3,(H2,8,14,15)/b9-6-. The van der Waals surface area contributed by atoms with Gasteiger partial charge in [-0.25, -0.2) is 18.2 Å². The van der Waals surface area contributed by atoms with Crippen molar-refractivity contribution in [1.29, 1.82) is 0 Å². The van der Waals surface area contributed by atoms with Gasteiger partial charge in [0.1, 0.15) is 6.61 Å². The molecule has 0 aliphatic carbocycles. The first-order valence-electron chi connectivity index (χ1n) is 4.64. The summed E-state index contributed by atoms with van der Waals surface area (Å²) in [5.41, 5.74) is 0. The summed E-state index contributed by atoms with van der Waals surface area (Å²) >= 11 is 0.662. The van der Waals surface area contributed by atoms with Crippen molar-refractivity contribution in [2.75, 3.05) is 6.61 Å². The summed E-state index contributed by atoms with van der Waals surface area (Å²) in [5, 5.41) is 17.3. The van der Waals surface area contributed by atoms with Crippen molar-refractivity contribution >= 4 is 27.3 Å². The van der Waals surface area contributed by atoms with E-state index in [0.29, 0.717) is 11.3 Å². The Bertz CT molecular complexity index is 600. The van der Waals surface area contributed by atoms with E-state index in [1.807, 2.05) is 0 Å². The lowest BCUT2D eigenvalue weighted by atomic mass is 10.6. The number of nitrogens with two attached hydrogens (primary N) is 1. The second-order valence-electron chi connectivity index (χ2n) is 3.24. The van der Waals surface area contributed by atoms with Crippen LogP contribution in [-0.2, 0) is 26.6 Å². The number of aryl methyl sites for hydroxylation is 1. The number of hydrogen-bond acceptors (Lipinski definition) is 7.